The lowest BCUT2D eigenvalue weighted by Crippen LogP contribution is -2.05. The minimum absolute atomic E-state index is 0.0549. The Morgan fingerprint density at radius 3 is 2.48 bits per heavy atom. The van der Waals surface area contributed by atoms with E-state index in [2.05, 4.69) is 0 Å². The van der Waals surface area contributed by atoms with Crippen LogP contribution in [0.4, 0.5) is 18.9 Å². The van der Waals surface area contributed by atoms with Gasteiger partial charge in [0.25, 0.3) is 0 Å². The highest BCUT2D eigenvalue weighted by Crippen LogP contribution is 2.36. The molecular weight excluding hydrogens is 331 g/mol. The Morgan fingerprint density at radius 2 is 1.91 bits per heavy atom. The van der Waals surface area contributed by atoms with Crippen LogP contribution in [0.3, 0.4) is 0 Å². The molecule has 0 heterocycles. The molecule has 0 aromatic heterocycles. The zero-order chi connectivity index (χ0) is 17.2. The number of ketones is 1. The number of anilines is 1. The van der Waals surface area contributed by atoms with Crippen molar-refractivity contribution in [3.63, 3.8) is 0 Å². The molecule has 0 radical (unpaired) electrons. The third kappa shape index (κ3) is 3.96. The molecule has 0 amide bonds. The third-order valence-corrected chi connectivity index (χ3v) is 3.43. The van der Waals surface area contributed by atoms with Crippen molar-refractivity contribution >= 4 is 23.1 Å². The van der Waals surface area contributed by atoms with Gasteiger partial charge in [0.15, 0.2) is 5.78 Å². The van der Waals surface area contributed by atoms with Crippen molar-refractivity contribution in [1.29, 1.82) is 0 Å². The van der Waals surface area contributed by atoms with E-state index in [0.29, 0.717) is 11.3 Å². The number of Topliss-reactive ketones (excluding diaryl/α,β-unsaturated/α-hetero) is 1. The average molecular weight is 344 g/mol. The van der Waals surface area contributed by atoms with Gasteiger partial charge in [-0.15, -0.1) is 0 Å². The first kappa shape index (κ1) is 17.1. The van der Waals surface area contributed by atoms with E-state index in [1.807, 2.05) is 0 Å². The zero-order valence-corrected chi connectivity index (χ0v) is 12.8. The predicted octanol–water partition coefficient (Wildman–Crippen LogP) is 5.33. The maximum Gasteiger partial charge on any atom is 0.416 e. The molecule has 23 heavy (non-hydrogen) atoms. The minimum atomic E-state index is -4.48. The first-order chi connectivity index (χ1) is 10.7. The SMILES string of the molecule is CCC(=O)c1cc(Oc2ccc(C(F)(F)F)cc2Cl)ccc1N. The Hall–Kier alpha value is -2.21. The number of carbonyl (C=O) groups is 1. The molecule has 2 aromatic carbocycles. The summed E-state index contributed by atoms with van der Waals surface area (Å²) in [4.78, 5) is 11.8. The number of hydrogen-bond donors (Lipinski definition) is 1. The number of ether oxygens (including phenoxy) is 1. The van der Waals surface area contributed by atoms with E-state index in [9.17, 15) is 18.0 Å². The van der Waals surface area contributed by atoms with Crippen molar-refractivity contribution in [3.05, 3.63) is 52.5 Å². The molecule has 0 aliphatic carbocycles. The predicted molar refractivity (Wildman–Crippen MR) is 82.0 cm³/mol. The second-order valence-electron chi connectivity index (χ2n) is 4.77. The molecular formula is C16H13ClF3NO2. The largest absolute Gasteiger partial charge is 0.456 e. The number of alkyl halides is 3. The van der Waals surface area contributed by atoms with Gasteiger partial charge < -0.3 is 10.5 Å². The Morgan fingerprint density at radius 1 is 1.22 bits per heavy atom. The second-order valence-corrected chi connectivity index (χ2v) is 5.18. The van der Waals surface area contributed by atoms with Crippen LogP contribution in [0.15, 0.2) is 36.4 Å². The summed E-state index contributed by atoms with van der Waals surface area (Å²) < 4.78 is 43.3. The molecule has 0 atom stereocenters. The quantitative estimate of drug-likeness (QED) is 0.603. The number of halogens is 4. The first-order valence-corrected chi connectivity index (χ1v) is 7.07. The van der Waals surface area contributed by atoms with Crippen molar-refractivity contribution in [1.82, 2.24) is 0 Å². The van der Waals surface area contributed by atoms with Crippen molar-refractivity contribution in [3.8, 4) is 11.5 Å². The zero-order valence-electron chi connectivity index (χ0n) is 12.1. The molecule has 0 saturated heterocycles. The molecule has 0 saturated carbocycles. The van der Waals surface area contributed by atoms with Crippen LogP contribution in [0.5, 0.6) is 11.5 Å². The van der Waals surface area contributed by atoms with Gasteiger partial charge in [-0.2, -0.15) is 13.2 Å². The molecule has 0 bridgehead atoms. The van der Waals surface area contributed by atoms with Gasteiger partial charge in [-0.1, -0.05) is 18.5 Å². The van der Waals surface area contributed by atoms with Crippen LogP contribution >= 0.6 is 11.6 Å². The summed E-state index contributed by atoms with van der Waals surface area (Å²) in [6.45, 7) is 1.70. The van der Waals surface area contributed by atoms with Crippen LogP contribution in [0.25, 0.3) is 0 Å². The van der Waals surface area contributed by atoms with Crippen molar-refractivity contribution in [2.45, 2.75) is 19.5 Å². The minimum Gasteiger partial charge on any atom is -0.456 e. The van der Waals surface area contributed by atoms with Gasteiger partial charge in [0.2, 0.25) is 0 Å². The van der Waals surface area contributed by atoms with Gasteiger partial charge in [-0.25, -0.2) is 0 Å². The summed E-state index contributed by atoms with van der Waals surface area (Å²) >= 11 is 5.83. The van der Waals surface area contributed by atoms with E-state index in [1.54, 1.807) is 6.92 Å². The molecule has 7 heteroatoms. The Labute approximate surface area is 135 Å². The maximum absolute atomic E-state index is 12.6. The molecule has 0 unspecified atom stereocenters. The molecule has 0 aliphatic rings. The van der Waals surface area contributed by atoms with E-state index in [4.69, 9.17) is 22.1 Å². The average Bonchev–Trinajstić information content (AvgIpc) is 2.49. The number of rotatable bonds is 4. The highest BCUT2D eigenvalue weighted by atomic mass is 35.5. The fraction of sp³-hybridized carbons (Fsp3) is 0.188. The standard InChI is InChI=1S/C16H13ClF3NO2/c1-2-14(22)11-8-10(4-5-13(11)21)23-15-6-3-9(7-12(15)17)16(18,19)20/h3-8H,2,21H2,1H3. The number of benzene rings is 2. The summed E-state index contributed by atoms with van der Waals surface area (Å²) in [5, 5.41) is -0.181. The van der Waals surface area contributed by atoms with Crippen LogP contribution in [0.1, 0.15) is 29.3 Å². The molecule has 2 N–H and O–H groups in total. The Balaban J connectivity index is 2.31. The number of nitrogen functional groups attached to an aromatic ring is 1. The van der Waals surface area contributed by atoms with E-state index in [1.165, 1.54) is 18.2 Å². The molecule has 0 spiro atoms. The van der Waals surface area contributed by atoms with Gasteiger partial charge in [0, 0.05) is 17.7 Å². The number of nitrogens with two attached hydrogens (primary N) is 1. The van der Waals surface area contributed by atoms with E-state index >= 15 is 0 Å². The Kier molecular flexibility index (Phi) is 4.85. The second kappa shape index (κ2) is 6.50. The van der Waals surface area contributed by atoms with E-state index < -0.39 is 11.7 Å². The van der Waals surface area contributed by atoms with Gasteiger partial charge in [0.05, 0.1) is 10.6 Å². The number of carbonyl (C=O) groups excluding carboxylic acids is 1. The molecule has 2 rings (SSSR count). The summed E-state index contributed by atoms with van der Waals surface area (Å²) in [5.74, 6) is 0.156. The fourth-order valence-corrected chi connectivity index (χ4v) is 2.14. The lowest BCUT2D eigenvalue weighted by molar-refractivity contribution is -0.137. The summed E-state index contributed by atoms with van der Waals surface area (Å²) in [6.07, 6.45) is -4.21. The van der Waals surface area contributed by atoms with Gasteiger partial charge in [-0.05, 0) is 36.4 Å². The van der Waals surface area contributed by atoms with Crippen LogP contribution in [-0.4, -0.2) is 5.78 Å². The third-order valence-electron chi connectivity index (χ3n) is 3.13. The molecule has 3 nitrogen and oxygen atoms in total. The smallest absolute Gasteiger partial charge is 0.416 e. The fourth-order valence-electron chi connectivity index (χ4n) is 1.92. The van der Waals surface area contributed by atoms with E-state index in [0.717, 1.165) is 18.2 Å². The van der Waals surface area contributed by atoms with Gasteiger partial charge in [0.1, 0.15) is 11.5 Å². The topological polar surface area (TPSA) is 52.3 Å². The summed E-state index contributed by atoms with van der Waals surface area (Å²) in [5.41, 5.74) is 5.47. The lowest BCUT2D eigenvalue weighted by Gasteiger charge is -2.12. The van der Waals surface area contributed by atoms with Crippen LogP contribution in [-0.2, 0) is 6.18 Å². The molecule has 122 valence electrons. The molecule has 2 aromatic rings. The van der Waals surface area contributed by atoms with E-state index in [-0.39, 0.29) is 28.7 Å². The highest BCUT2D eigenvalue weighted by molar-refractivity contribution is 6.32. The van der Waals surface area contributed by atoms with Crippen LogP contribution < -0.4 is 10.5 Å². The van der Waals surface area contributed by atoms with Crippen LogP contribution in [0.2, 0.25) is 5.02 Å². The first-order valence-electron chi connectivity index (χ1n) is 6.69. The van der Waals surface area contributed by atoms with Gasteiger partial charge in [-0.3, -0.25) is 4.79 Å². The maximum atomic E-state index is 12.6. The van der Waals surface area contributed by atoms with Crippen molar-refractivity contribution < 1.29 is 22.7 Å². The lowest BCUT2D eigenvalue weighted by atomic mass is 10.1. The molecule has 0 fully saturated rings. The number of hydrogen-bond acceptors (Lipinski definition) is 3. The molecule has 0 aliphatic heterocycles. The summed E-state index contributed by atoms with van der Waals surface area (Å²) in [7, 11) is 0. The van der Waals surface area contributed by atoms with Crippen LogP contribution in [0, 0.1) is 0 Å². The van der Waals surface area contributed by atoms with Crippen molar-refractivity contribution in [2.24, 2.45) is 0 Å². The normalized spacial score (nSPS) is 11.3. The van der Waals surface area contributed by atoms with Gasteiger partial charge >= 0.3 is 6.18 Å². The monoisotopic (exact) mass is 343 g/mol. The highest BCUT2D eigenvalue weighted by Gasteiger charge is 2.31. The summed E-state index contributed by atoms with van der Waals surface area (Å²) in [6, 6.07) is 7.23. The van der Waals surface area contributed by atoms with Crippen molar-refractivity contribution in [2.75, 3.05) is 5.73 Å². The Bertz CT molecular complexity index is 745.